The fourth-order valence-electron chi connectivity index (χ4n) is 1.57. The van der Waals surface area contributed by atoms with E-state index in [9.17, 15) is 0 Å². The molecule has 0 spiro atoms. The van der Waals surface area contributed by atoms with Crippen molar-refractivity contribution < 1.29 is 0 Å². The first-order valence-corrected chi connectivity index (χ1v) is 4.86. The van der Waals surface area contributed by atoms with Crippen LogP contribution in [0.1, 0.15) is 5.56 Å². The number of fused-ring (bicyclic) bond motifs is 1. The molecule has 0 saturated heterocycles. The Kier molecular flexibility index (Phi) is 2.44. The van der Waals surface area contributed by atoms with E-state index >= 15 is 0 Å². The van der Waals surface area contributed by atoms with Crippen molar-refractivity contribution in [1.82, 2.24) is 15.1 Å². The highest BCUT2D eigenvalue weighted by Gasteiger charge is 2.06. The molecule has 1 aromatic carbocycles. The van der Waals surface area contributed by atoms with E-state index in [0.717, 1.165) is 17.4 Å². The Balaban J connectivity index is 2.59. The van der Waals surface area contributed by atoms with Gasteiger partial charge < -0.3 is 5.32 Å². The third-order valence-electron chi connectivity index (χ3n) is 2.25. The SMILES string of the molecule is CNCc1ccc2c(Cl)nn(C)c2c1. The second kappa shape index (κ2) is 3.59. The fourth-order valence-corrected chi connectivity index (χ4v) is 1.85. The van der Waals surface area contributed by atoms with Crippen LogP contribution in [0.2, 0.25) is 5.15 Å². The third-order valence-corrected chi connectivity index (χ3v) is 2.53. The monoisotopic (exact) mass is 209 g/mol. The van der Waals surface area contributed by atoms with E-state index < -0.39 is 0 Å². The molecule has 1 N–H and O–H groups in total. The highest BCUT2D eigenvalue weighted by Crippen LogP contribution is 2.22. The summed E-state index contributed by atoms with van der Waals surface area (Å²) in [4.78, 5) is 0. The van der Waals surface area contributed by atoms with Gasteiger partial charge in [0.2, 0.25) is 0 Å². The number of nitrogens with one attached hydrogen (secondary N) is 1. The van der Waals surface area contributed by atoms with Crippen molar-refractivity contribution in [3.63, 3.8) is 0 Å². The molecule has 3 nitrogen and oxygen atoms in total. The van der Waals surface area contributed by atoms with E-state index in [0.29, 0.717) is 5.15 Å². The predicted molar refractivity (Wildman–Crippen MR) is 58.5 cm³/mol. The summed E-state index contributed by atoms with van der Waals surface area (Å²) in [5, 5.41) is 8.84. The Bertz CT molecular complexity index is 462. The maximum Gasteiger partial charge on any atom is 0.158 e. The van der Waals surface area contributed by atoms with Gasteiger partial charge in [-0.2, -0.15) is 5.10 Å². The topological polar surface area (TPSA) is 29.9 Å². The van der Waals surface area contributed by atoms with E-state index in [1.807, 2.05) is 20.2 Å². The Hall–Kier alpha value is -1.06. The van der Waals surface area contributed by atoms with Crippen LogP contribution in [0.4, 0.5) is 0 Å². The lowest BCUT2D eigenvalue weighted by atomic mass is 10.1. The van der Waals surface area contributed by atoms with Crippen LogP contribution in [0.25, 0.3) is 10.9 Å². The molecule has 14 heavy (non-hydrogen) atoms. The molecule has 74 valence electrons. The molecule has 0 amide bonds. The lowest BCUT2D eigenvalue weighted by molar-refractivity contribution is 0.792. The maximum absolute atomic E-state index is 5.96. The van der Waals surface area contributed by atoms with Crippen molar-refractivity contribution in [2.24, 2.45) is 7.05 Å². The van der Waals surface area contributed by atoms with Gasteiger partial charge in [-0.05, 0) is 24.7 Å². The van der Waals surface area contributed by atoms with Gasteiger partial charge in [0.1, 0.15) is 0 Å². The fraction of sp³-hybridized carbons (Fsp3) is 0.300. The summed E-state index contributed by atoms with van der Waals surface area (Å²) in [6.07, 6.45) is 0. The number of halogens is 1. The van der Waals surface area contributed by atoms with Gasteiger partial charge in [0.25, 0.3) is 0 Å². The van der Waals surface area contributed by atoms with Crippen LogP contribution >= 0.6 is 11.6 Å². The molecule has 0 aliphatic rings. The summed E-state index contributed by atoms with van der Waals surface area (Å²) < 4.78 is 1.80. The van der Waals surface area contributed by atoms with E-state index in [1.54, 1.807) is 4.68 Å². The number of aromatic nitrogens is 2. The lowest BCUT2D eigenvalue weighted by Crippen LogP contribution is -2.04. The molecule has 2 aromatic rings. The standard InChI is InChI=1S/C10H12ClN3/c1-12-6-7-3-4-8-9(5-7)14(2)13-10(8)11/h3-5,12H,6H2,1-2H3. The predicted octanol–water partition coefficient (Wildman–Crippen LogP) is 1.95. The Morgan fingerprint density at radius 3 is 3.00 bits per heavy atom. The van der Waals surface area contributed by atoms with Crippen LogP contribution in [-0.4, -0.2) is 16.8 Å². The van der Waals surface area contributed by atoms with Crippen LogP contribution < -0.4 is 5.32 Å². The minimum absolute atomic E-state index is 0.568. The largest absolute Gasteiger partial charge is 0.316 e. The van der Waals surface area contributed by atoms with Gasteiger partial charge in [-0.25, -0.2) is 0 Å². The van der Waals surface area contributed by atoms with Crippen molar-refractivity contribution in [3.8, 4) is 0 Å². The average molecular weight is 210 g/mol. The minimum atomic E-state index is 0.568. The van der Waals surface area contributed by atoms with Crippen LogP contribution in [0.5, 0.6) is 0 Å². The number of hydrogen-bond donors (Lipinski definition) is 1. The van der Waals surface area contributed by atoms with Crippen molar-refractivity contribution in [2.75, 3.05) is 7.05 Å². The summed E-state index contributed by atoms with van der Waals surface area (Å²) in [5.41, 5.74) is 2.31. The summed E-state index contributed by atoms with van der Waals surface area (Å²) in [6.45, 7) is 0.860. The molecule has 4 heteroatoms. The van der Waals surface area contributed by atoms with E-state index in [4.69, 9.17) is 11.6 Å². The van der Waals surface area contributed by atoms with Crippen molar-refractivity contribution in [1.29, 1.82) is 0 Å². The molecule has 1 aromatic heterocycles. The van der Waals surface area contributed by atoms with Crippen LogP contribution in [-0.2, 0) is 13.6 Å². The zero-order chi connectivity index (χ0) is 10.1. The molecule has 1 heterocycles. The summed E-state index contributed by atoms with van der Waals surface area (Å²) in [5.74, 6) is 0. The normalized spacial score (nSPS) is 11.1. The minimum Gasteiger partial charge on any atom is -0.316 e. The highest BCUT2D eigenvalue weighted by atomic mass is 35.5. The first-order valence-electron chi connectivity index (χ1n) is 4.48. The molecule has 0 unspecified atom stereocenters. The van der Waals surface area contributed by atoms with Gasteiger partial charge in [0.05, 0.1) is 5.52 Å². The number of rotatable bonds is 2. The van der Waals surface area contributed by atoms with E-state index in [-0.39, 0.29) is 0 Å². The van der Waals surface area contributed by atoms with E-state index in [2.05, 4.69) is 22.5 Å². The van der Waals surface area contributed by atoms with Gasteiger partial charge in [0.15, 0.2) is 5.15 Å². The summed E-state index contributed by atoms with van der Waals surface area (Å²) in [6, 6.07) is 6.18. The average Bonchev–Trinajstić information content (AvgIpc) is 2.43. The molecule has 0 radical (unpaired) electrons. The van der Waals surface area contributed by atoms with Gasteiger partial charge in [0, 0.05) is 19.0 Å². The van der Waals surface area contributed by atoms with Crippen molar-refractivity contribution in [2.45, 2.75) is 6.54 Å². The number of aryl methyl sites for hydroxylation is 1. The van der Waals surface area contributed by atoms with E-state index in [1.165, 1.54) is 5.56 Å². The summed E-state index contributed by atoms with van der Waals surface area (Å²) >= 11 is 5.96. The van der Waals surface area contributed by atoms with Crippen LogP contribution in [0.3, 0.4) is 0 Å². The van der Waals surface area contributed by atoms with Crippen molar-refractivity contribution >= 4 is 22.5 Å². The zero-order valence-electron chi connectivity index (χ0n) is 8.21. The molecule has 0 saturated carbocycles. The Labute approximate surface area is 87.7 Å². The third kappa shape index (κ3) is 1.49. The number of benzene rings is 1. The molecule has 0 bridgehead atoms. The van der Waals surface area contributed by atoms with Gasteiger partial charge in [-0.15, -0.1) is 0 Å². The molecule has 0 aliphatic carbocycles. The molecule has 0 fully saturated rings. The number of hydrogen-bond acceptors (Lipinski definition) is 2. The zero-order valence-corrected chi connectivity index (χ0v) is 8.97. The van der Waals surface area contributed by atoms with Gasteiger partial charge in [-0.1, -0.05) is 17.7 Å². The van der Waals surface area contributed by atoms with Gasteiger partial charge >= 0.3 is 0 Å². The first-order chi connectivity index (χ1) is 6.72. The molecular formula is C10H12ClN3. The Morgan fingerprint density at radius 2 is 2.29 bits per heavy atom. The second-order valence-electron chi connectivity index (χ2n) is 3.30. The van der Waals surface area contributed by atoms with Crippen LogP contribution in [0.15, 0.2) is 18.2 Å². The van der Waals surface area contributed by atoms with Gasteiger partial charge in [-0.3, -0.25) is 4.68 Å². The molecule has 0 aliphatic heterocycles. The first kappa shape index (κ1) is 9.49. The highest BCUT2D eigenvalue weighted by molar-refractivity contribution is 6.34. The smallest absolute Gasteiger partial charge is 0.158 e. The summed E-state index contributed by atoms with van der Waals surface area (Å²) in [7, 11) is 3.83. The Morgan fingerprint density at radius 1 is 1.50 bits per heavy atom. The molecule has 2 rings (SSSR count). The van der Waals surface area contributed by atoms with Crippen molar-refractivity contribution in [3.05, 3.63) is 28.9 Å². The quantitative estimate of drug-likeness (QED) is 0.820. The molecular weight excluding hydrogens is 198 g/mol. The maximum atomic E-state index is 5.96. The second-order valence-corrected chi connectivity index (χ2v) is 3.65. The number of nitrogens with zero attached hydrogens (tertiary/aromatic N) is 2. The van der Waals surface area contributed by atoms with Crippen LogP contribution in [0, 0.1) is 0 Å². The lowest BCUT2D eigenvalue weighted by Gasteiger charge is -2.00. The molecule has 0 atom stereocenters.